The second-order valence-electron chi connectivity index (χ2n) is 8.50. The molecular formula is C24H32N4O5S. The highest BCUT2D eigenvalue weighted by molar-refractivity contribution is 7.89. The molecule has 0 saturated carbocycles. The molecule has 4 rings (SSSR count). The fourth-order valence-corrected chi connectivity index (χ4v) is 5.61. The number of hydrogen-bond donors (Lipinski definition) is 1. The molecule has 9 nitrogen and oxygen atoms in total. The average molecular weight is 489 g/mol. The van der Waals surface area contributed by atoms with E-state index in [2.05, 4.69) is 10.2 Å². The Morgan fingerprint density at radius 1 is 0.971 bits per heavy atom. The maximum atomic E-state index is 13.2. The smallest absolute Gasteiger partial charge is 0.243 e. The van der Waals surface area contributed by atoms with Crippen molar-refractivity contribution in [2.45, 2.75) is 11.4 Å². The first kappa shape index (κ1) is 24.6. The quantitative estimate of drug-likeness (QED) is 0.604. The summed E-state index contributed by atoms with van der Waals surface area (Å²) in [4.78, 5) is 17.1. The van der Waals surface area contributed by atoms with E-state index < -0.39 is 10.0 Å². The van der Waals surface area contributed by atoms with Crippen LogP contribution >= 0.6 is 0 Å². The molecular weight excluding hydrogens is 456 g/mol. The summed E-state index contributed by atoms with van der Waals surface area (Å²) in [6.45, 7) is 4.72. The number of amides is 1. The van der Waals surface area contributed by atoms with Crippen molar-refractivity contribution in [2.24, 2.45) is 0 Å². The number of anilines is 2. The van der Waals surface area contributed by atoms with E-state index in [-0.39, 0.29) is 17.3 Å². The van der Waals surface area contributed by atoms with Crippen LogP contribution in [0.3, 0.4) is 0 Å². The van der Waals surface area contributed by atoms with Crippen LogP contribution < -0.4 is 10.2 Å². The second kappa shape index (κ2) is 11.3. The number of sulfonamides is 1. The van der Waals surface area contributed by atoms with Gasteiger partial charge in [-0.3, -0.25) is 9.69 Å². The largest absolute Gasteiger partial charge is 0.379 e. The topological polar surface area (TPSA) is 91.4 Å². The summed E-state index contributed by atoms with van der Waals surface area (Å²) < 4.78 is 38.6. The van der Waals surface area contributed by atoms with Gasteiger partial charge >= 0.3 is 0 Å². The zero-order valence-corrected chi connectivity index (χ0v) is 20.3. The van der Waals surface area contributed by atoms with E-state index in [1.54, 1.807) is 18.2 Å². The first-order valence-electron chi connectivity index (χ1n) is 11.5. The second-order valence-corrected chi connectivity index (χ2v) is 10.4. The first-order valence-corrected chi connectivity index (χ1v) is 12.9. The summed E-state index contributed by atoms with van der Waals surface area (Å²) in [7, 11) is -1.80. The lowest BCUT2D eigenvalue weighted by molar-refractivity contribution is -0.117. The third-order valence-corrected chi connectivity index (χ3v) is 7.81. The Hall–Kier alpha value is -2.50. The lowest BCUT2D eigenvalue weighted by Crippen LogP contribution is -2.40. The van der Waals surface area contributed by atoms with E-state index in [9.17, 15) is 13.2 Å². The maximum Gasteiger partial charge on any atom is 0.243 e. The van der Waals surface area contributed by atoms with Crippen LogP contribution in [-0.2, 0) is 30.8 Å². The third-order valence-electron chi connectivity index (χ3n) is 5.91. The Morgan fingerprint density at radius 3 is 2.29 bits per heavy atom. The van der Waals surface area contributed by atoms with Crippen molar-refractivity contribution in [2.75, 3.05) is 76.4 Å². The zero-order chi connectivity index (χ0) is 24.0. The monoisotopic (exact) mass is 488 g/mol. The molecule has 184 valence electrons. The number of ether oxygens (including phenoxy) is 2. The van der Waals surface area contributed by atoms with Gasteiger partial charge < -0.3 is 19.7 Å². The molecule has 0 unspecified atom stereocenters. The molecule has 1 amide bonds. The van der Waals surface area contributed by atoms with Gasteiger partial charge in [-0.15, -0.1) is 0 Å². The summed E-state index contributed by atoms with van der Waals surface area (Å²) in [5.41, 5.74) is 2.41. The molecule has 34 heavy (non-hydrogen) atoms. The highest BCUT2D eigenvalue weighted by Gasteiger charge is 2.28. The molecule has 0 bridgehead atoms. The lowest BCUT2D eigenvalue weighted by Gasteiger charge is -2.31. The number of carbonyl (C=O) groups excluding carboxylic acids is 1. The Labute approximate surface area is 201 Å². The normalized spacial score (nSPS) is 17.6. The zero-order valence-electron chi connectivity index (χ0n) is 19.5. The Bertz CT molecular complexity index is 1070. The minimum absolute atomic E-state index is 0.166. The maximum absolute atomic E-state index is 13.2. The number of carbonyl (C=O) groups is 1. The molecule has 2 aliphatic heterocycles. The van der Waals surface area contributed by atoms with Crippen LogP contribution in [0.15, 0.2) is 53.4 Å². The highest BCUT2D eigenvalue weighted by Crippen LogP contribution is 2.31. The summed E-state index contributed by atoms with van der Waals surface area (Å²) in [6.07, 6.45) is 0. The van der Waals surface area contributed by atoms with Crippen LogP contribution in [0.25, 0.3) is 0 Å². The van der Waals surface area contributed by atoms with Crippen LogP contribution in [0, 0.1) is 0 Å². The molecule has 2 aliphatic rings. The Morgan fingerprint density at radius 2 is 1.62 bits per heavy atom. The average Bonchev–Trinajstić information content (AvgIpc) is 2.85. The fourth-order valence-electron chi connectivity index (χ4n) is 4.18. The van der Waals surface area contributed by atoms with E-state index in [1.165, 1.54) is 4.31 Å². The molecule has 2 fully saturated rings. The number of nitrogens with one attached hydrogen (secondary N) is 1. The van der Waals surface area contributed by atoms with Crippen molar-refractivity contribution in [3.63, 3.8) is 0 Å². The van der Waals surface area contributed by atoms with Crippen LogP contribution in [0.2, 0.25) is 0 Å². The number of hydrogen-bond acceptors (Lipinski definition) is 7. The van der Waals surface area contributed by atoms with Gasteiger partial charge in [0.1, 0.15) is 0 Å². The summed E-state index contributed by atoms with van der Waals surface area (Å²) in [5, 5.41) is 2.97. The van der Waals surface area contributed by atoms with Crippen LogP contribution in [-0.4, -0.2) is 89.7 Å². The summed E-state index contributed by atoms with van der Waals surface area (Å²) >= 11 is 0. The number of likely N-dealkylation sites (N-methyl/N-ethyl adjacent to an activating group) is 1. The van der Waals surface area contributed by atoms with Gasteiger partial charge in [-0.2, -0.15) is 4.31 Å². The van der Waals surface area contributed by atoms with E-state index >= 15 is 0 Å². The SMILES string of the molecule is CN(CC(=O)Nc1cc(S(=O)(=O)N2CCOCC2)ccc1N1CCOCC1)Cc1ccccc1. The predicted octanol–water partition coefficient (Wildman–Crippen LogP) is 1.61. The lowest BCUT2D eigenvalue weighted by atomic mass is 10.2. The Kier molecular flexibility index (Phi) is 8.17. The molecule has 0 aliphatic carbocycles. The van der Waals surface area contributed by atoms with Gasteiger partial charge in [-0.1, -0.05) is 30.3 Å². The highest BCUT2D eigenvalue weighted by atomic mass is 32.2. The molecule has 0 atom stereocenters. The molecule has 2 aromatic rings. The number of nitrogens with zero attached hydrogens (tertiary/aromatic N) is 3. The molecule has 10 heteroatoms. The van der Waals surface area contributed by atoms with Crippen molar-refractivity contribution in [1.82, 2.24) is 9.21 Å². The van der Waals surface area contributed by atoms with Crippen LogP contribution in [0.4, 0.5) is 11.4 Å². The third kappa shape index (κ3) is 6.13. The van der Waals surface area contributed by atoms with E-state index in [1.807, 2.05) is 42.3 Å². The number of benzene rings is 2. The van der Waals surface area contributed by atoms with Gasteiger partial charge in [0.2, 0.25) is 15.9 Å². The predicted molar refractivity (Wildman–Crippen MR) is 130 cm³/mol. The first-order chi connectivity index (χ1) is 16.4. The van der Waals surface area contributed by atoms with Crippen LogP contribution in [0.1, 0.15) is 5.56 Å². The Balaban J connectivity index is 1.53. The fraction of sp³-hybridized carbons (Fsp3) is 0.458. The molecule has 2 saturated heterocycles. The van der Waals surface area contributed by atoms with Gasteiger partial charge in [0.15, 0.2) is 0 Å². The van der Waals surface area contributed by atoms with Crippen molar-refractivity contribution in [1.29, 1.82) is 0 Å². The van der Waals surface area contributed by atoms with Gasteiger partial charge in [-0.25, -0.2) is 8.42 Å². The van der Waals surface area contributed by atoms with E-state index in [4.69, 9.17) is 9.47 Å². The van der Waals surface area contributed by atoms with Crippen molar-refractivity contribution >= 4 is 27.3 Å². The minimum Gasteiger partial charge on any atom is -0.379 e. The molecule has 0 aromatic heterocycles. The molecule has 2 heterocycles. The van der Waals surface area contributed by atoms with Gasteiger partial charge in [-0.05, 0) is 30.8 Å². The van der Waals surface area contributed by atoms with Crippen molar-refractivity contribution < 1.29 is 22.7 Å². The number of rotatable bonds is 8. The van der Waals surface area contributed by atoms with Gasteiger partial charge in [0, 0.05) is 32.7 Å². The van der Waals surface area contributed by atoms with Crippen molar-refractivity contribution in [3.05, 3.63) is 54.1 Å². The standard InChI is InChI=1S/C24H32N4O5S/c1-26(18-20-5-3-2-4-6-20)19-24(29)25-22-17-21(34(30,31)28-11-15-33-16-12-28)7-8-23(22)27-9-13-32-14-10-27/h2-8,17H,9-16,18-19H2,1H3,(H,25,29). The van der Waals surface area contributed by atoms with Crippen LogP contribution in [0.5, 0.6) is 0 Å². The van der Waals surface area contributed by atoms with Crippen molar-refractivity contribution in [3.8, 4) is 0 Å². The van der Waals surface area contributed by atoms with E-state index in [0.29, 0.717) is 64.8 Å². The summed E-state index contributed by atoms with van der Waals surface area (Å²) in [6, 6.07) is 14.9. The minimum atomic E-state index is -3.68. The molecule has 2 aromatic carbocycles. The van der Waals surface area contributed by atoms with E-state index in [0.717, 1.165) is 11.3 Å². The number of morpholine rings is 2. The molecule has 0 radical (unpaired) electrons. The summed E-state index contributed by atoms with van der Waals surface area (Å²) in [5.74, 6) is -0.200. The molecule has 0 spiro atoms. The van der Waals surface area contributed by atoms with Gasteiger partial charge in [0.25, 0.3) is 0 Å². The van der Waals surface area contributed by atoms with Gasteiger partial charge in [0.05, 0.1) is 49.2 Å². The molecule has 1 N–H and O–H groups in total.